The first-order valence-electron chi connectivity index (χ1n) is 14.6. The molecule has 0 aromatic heterocycles. The zero-order chi connectivity index (χ0) is 29.5. The van der Waals surface area contributed by atoms with Crippen molar-refractivity contribution in [3.05, 3.63) is 0 Å². The molecule has 12 unspecified atom stereocenters. The molecule has 5 aliphatic heterocycles. The quantitative estimate of drug-likeness (QED) is 0.219. The first-order chi connectivity index (χ1) is 19.4. The molecular formula is C26H42ClF3N6O4S. The van der Waals surface area contributed by atoms with Gasteiger partial charge in [0.05, 0.1) is 29.7 Å². The molecule has 0 bridgehead atoms. The number of thioether (sulfide) groups is 1. The zero-order valence-electron chi connectivity index (χ0n) is 23.6. The van der Waals surface area contributed by atoms with Crippen LogP contribution in [-0.4, -0.2) is 109 Å². The lowest BCUT2D eigenvalue weighted by atomic mass is 9.70. The molecule has 12 atom stereocenters. The van der Waals surface area contributed by atoms with Gasteiger partial charge in [-0.2, -0.15) is 0 Å². The van der Waals surface area contributed by atoms with E-state index in [4.69, 9.17) is 16.3 Å². The minimum atomic E-state index is -4.70. The number of carbonyl (C=O) groups excluding carboxylic acids is 2. The Morgan fingerprint density at radius 2 is 1.80 bits per heavy atom. The second kappa shape index (κ2) is 13.0. The summed E-state index contributed by atoms with van der Waals surface area (Å²) in [5.74, 6) is 0.0185. The fourth-order valence-corrected chi connectivity index (χ4v) is 8.99. The fourth-order valence-electron chi connectivity index (χ4n) is 7.28. The van der Waals surface area contributed by atoms with Crippen LogP contribution in [0.1, 0.15) is 39.5 Å². The average Bonchev–Trinajstić information content (AvgIpc) is 3.47. The summed E-state index contributed by atoms with van der Waals surface area (Å²) in [5.41, 5.74) is -0.395. The van der Waals surface area contributed by atoms with Crippen LogP contribution in [0, 0.1) is 17.8 Å². The van der Waals surface area contributed by atoms with Crippen LogP contribution >= 0.6 is 23.4 Å². The predicted octanol–water partition coefficient (Wildman–Crippen LogP) is 1.15. The Bertz CT molecular complexity index is 941. The number of carbonyl (C=O) groups is 2. The van der Waals surface area contributed by atoms with Crippen molar-refractivity contribution in [1.29, 1.82) is 0 Å². The summed E-state index contributed by atoms with van der Waals surface area (Å²) in [6.07, 6.45) is -3.63. The van der Waals surface area contributed by atoms with Crippen molar-refractivity contribution in [2.75, 3.05) is 33.3 Å². The molecule has 0 radical (unpaired) electrons. The second-order valence-corrected chi connectivity index (χ2v) is 14.0. The molecule has 0 saturated carbocycles. The van der Waals surface area contributed by atoms with Crippen LogP contribution in [0.5, 0.6) is 0 Å². The van der Waals surface area contributed by atoms with Gasteiger partial charge in [-0.15, -0.1) is 36.5 Å². The number of nitrogens with one attached hydrogen (secondary N) is 5. The molecule has 15 heteroatoms. The molecule has 5 saturated heterocycles. The Balaban J connectivity index is 1.12. The summed E-state index contributed by atoms with van der Waals surface area (Å²) >= 11 is 8.07. The summed E-state index contributed by atoms with van der Waals surface area (Å²) < 4.78 is 47.9. The molecule has 5 N–H and O–H groups in total. The normalized spacial score (nSPS) is 43.5. The Hall–Kier alpha value is -0.870. The maximum atomic E-state index is 13.6. The predicted molar refractivity (Wildman–Crippen MR) is 149 cm³/mol. The first kappa shape index (κ1) is 31.6. The molecule has 5 heterocycles. The van der Waals surface area contributed by atoms with Crippen LogP contribution in [0.4, 0.5) is 13.2 Å². The van der Waals surface area contributed by atoms with Crippen LogP contribution < -0.4 is 26.6 Å². The van der Waals surface area contributed by atoms with E-state index in [1.807, 2.05) is 0 Å². The Morgan fingerprint density at radius 1 is 1.02 bits per heavy atom. The minimum absolute atomic E-state index is 0.00199. The van der Waals surface area contributed by atoms with Gasteiger partial charge in [0, 0.05) is 56.7 Å². The molecular weight excluding hydrogens is 585 g/mol. The van der Waals surface area contributed by atoms with E-state index >= 15 is 0 Å². The summed E-state index contributed by atoms with van der Waals surface area (Å²) in [6, 6.07) is -0.795. The van der Waals surface area contributed by atoms with Gasteiger partial charge in [-0.1, -0.05) is 0 Å². The maximum Gasteiger partial charge on any atom is 0.522 e. The molecule has 0 spiro atoms. The van der Waals surface area contributed by atoms with Crippen LogP contribution in [0.15, 0.2) is 0 Å². The molecule has 234 valence electrons. The van der Waals surface area contributed by atoms with Crippen LogP contribution in [0.2, 0.25) is 0 Å². The average molecular weight is 627 g/mol. The molecule has 5 rings (SSSR count). The lowest BCUT2D eigenvalue weighted by Gasteiger charge is -2.45. The molecule has 0 aromatic carbocycles. The van der Waals surface area contributed by atoms with E-state index in [0.717, 1.165) is 12.8 Å². The number of methoxy groups -OCH3 is 1. The van der Waals surface area contributed by atoms with E-state index in [1.54, 1.807) is 30.7 Å². The van der Waals surface area contributed by atoms with Crippen molar-refractivity contribution < 1.29 is 32.2 Å². The number of alkyl halides is 4. The number of hydrogen-bond donors (Lipinski definition) is 5. The number of rotatable bonds is 6. The molecule has 2 amide bonds. The summed E-state index contributed by atoms with van der Waals surface area (Å²) in [7, 11) is 1.71. The van der Waals surface area contributed by atoms with E-state index in [0.29, 0.717) is 32.2 Å². The molecule has 5 fully saturated rings. The van der Waals surface area contributed by atoms with E-state index in [1.165, 1.54) is 0 Å². The molecule has 5 aliphatic rings. The third-order valence-electron chi connectivity index (χ3n) is 9.39. The standard InChI is InChI=1S/C26H42ClF3N6O4S/c1-12-6-14(15-7-22(27)32-9-20(15)39-3)16(8-31-12)23(37)35-25-34-18-10-36(11-21(18)41-25)24(38)17-4-5-19(13(2)33-17)40-26(28,29)30/h12-22,25,31-34H,4-11H2,1-3H3,(H,35,37). The van der Waals surface area contributed by atoms with Gasteiger partial charge in [-0.05, 0) is 51.4 Å². The monoisotopic (exact) mass is 626 g/mol. The number of ether oxygens (including phenoxy) is 2. The summed E-state index contributed by atoms with van der Waals surface area (Å²) in [6.45, 7) is 6.03. The van der Waals surface area contributed by atoms with Gasteiger partial charge in [0.15, 0.2) is 0 Å². The molecule has 10 nitrogen and oxygen atoms in total. The molecule has 0 aliphatic carbocycles. The van der Waals surface area contributed by atoms with Crippen LogP contribution in [0.3, 0.4) is 0 Å². The summed E-state index contributed by atoms with van der Waals surface area (Å²) in [4.78, 5) is 28.5. The van der Waals surface area contributed by atoms with Crippen molar-refractivity contribution in [3.63, 3.8) is 0 Å². The number of amides is 2. The molecule has 0 aromatic rings. The van der Waals surface area contributed by atoms with E-state index in [9.17, 15) is 22.8 Å². The third kappa shape index (κ3) is 7.44. The van der Waals surface area contributed by atoms with Gasteiger partial charge < -0.3 is 25.6 Å². The fraction of sp³-hybridized carbons (Fsp3) is 0.923. The van der Waals surface area contributed by atoms with Crippen LogP contribution in [0.25, 0.3) is 0 Å². The highest BCUT2D eigenvalue weighted by atomic mass is 35.5. The van der Waals surface area contributed by atoms with Gasteiger partial charge in [-0.25, -0.2) is 0 Å². The largest absolute Gasteiger partial charge is 0.522 e. The highest BCUT2D eigenvalue weighted by Gasteiger charge is 2.48. The first-order valence-corrected chi connectivity index (χ1v) is 15.9. The summed E-state index contributed by atoms with van der Waals surface area (Å²) in [5, 5.41) is 16.5. The maximum absolute atomic E-state index is 13.6. The number of likely N-dealkylation sites (tertiary alicyclic amines) is 1. The number of nitrogens with zero attached hydrogens (tertiary/aromatic N) is 1. The Kier molecular flexibility index (Phi) is 10.0. The van der Waals surface area contributed by atoms with Crippen molar-refractivity contribution in [2.24, 2.45) is 17.8 Å². The Morgan fingerprint density at radius 3 is 2.49 bits per heavy atom. The second-order valence-electron chi connectivity index (χ2n) is 12.1. The van der Waals surface area contributed by atoms with Crippen molar-refractivity contribution >= 4 is 35.2 Å². The highest BCUT2D eigenvalue weighted by molar-refractivity contribution is 8.00. The SMILES string of the molecule is COC1CNC(Cl)CC1C1CC(C)NCC1C(=O)NC1NC2CN(C(=O)C3CCC(OC(F)(F)F)C(C)N3)CC2S1. The van der Waals surface area contributed by atoms with Gasteiger partial charge in [-0.3, -0.25) is 25.0 Å². The number of halogens is 4. The third-order valence-corrected chi connectivity index (χ3v) is 11.1. The smallest absolute Gasteiger partial charge is 0.380 e. The zero-order valence-corrected chi connectivity index (χ0v) is 25.2. The lowest BCUT2D eigenvalue weighted by molar-refractivity contribution is -0.347. The Labute approximate surface area is 248 Å². The lowest BCUT2D eigenvalue weighted by Crippen LogP contribution is -2.58. The number of hydrogen-bond acceptors (Lipinski definition) is 9. The van der Waals surface area contributed by atoms with Gasteiger partial charge >= 0.3 is 6.36 Å². The van der Waals surface area contributed by atoms with Gasteiger partial charge in [0.25, 0.3) is 0 Å². The van der Waals surface area contributed by atoms with Gasteiger partial charge in [0.1, 0.15) is 5.50 Å². The van der Waals surface area contributed by atoms with Crippen LogP contribution in [-0.2, 0) is 19.1 Å². The van der Waals surface area contributed by atoms with Crippen molar-refractivity contribution in [2.45, 2.75) is 98.5 Å². The van der Waals surface area contributed by atoms with E-state index in [-0.39, 0.29) is 70.8 Å². The van der Waals surface area contributed by atoms with Crippen molar-refractivity contribution in [3.8, 4) is 0 Å². The minimum Gasteiger partial charge on any atom is -0.380 e. The topological polar surface area (TPSA) is 116 Å². The number of piperidine rings is 3. The van der Waals surface area contributed by atoms with Crippen molar-refractivity contribution in [1.82, 2.24) is 31.5 Å². The number of fused-ring (bicyclic) bond motifs is 1. The van der Waals surface area contributed by atoms with Gasteiger partial charge in [0.2, 0.25) is 11.8 Å². The van der Waals surface area contributed by atoms with E-state index < -0.39 is 24.6 Å². The molecule has 41 heavy (non-hydrogen) atoms. The van der Waals surface area contributed by atoms with E-state index in [2.05, 4.69) is 38.2 Å². The highest BCUT2D eigenvalue weighted by Crippen LogP contribution is 2.39.